The van der Waals surface area contributed by atoms with Crippen molar-refractivity contribution >= 4 is 27.3 Å². The molecule has 1 amide bonds. The molecule has 0 unspecified atom stereocenters. The summed E-state index contributed by atoms with van der Waals surface area (Å²) in [6.45, 7) is 6.41. The number of hydrogen-bond acceptors (Lipinski definition) is 8. The molecule has 0 N–H and O–H groups in total. The molecule has 1 aliphatic rings. The lowest BCUT2D eigenvalue weighted by Crippen LogP contribution is -2.40. The van der Waals surface area contributed by atoms with Crippen LogP contribution in [0.4, 0.5) is 8.78 Å². The minimum absolute atomic E-state index is 0.000277. The van der Waals surface area contributed by atoms with Gasteiger partial charge in [0.25, 0.3) is 0 Å². The average Bonchev–Trinajstić information content (AvgIpc) is 3.68. The van der Waals surface area contributed by atoms with Crippen LogP contribution in [0.15, 0.2) is 54.6 Å². The normalized spacial score (nSPS) is 14.3. The van der Waals surface area contributed by atoms with Crippen molar-refractivity contribution in [3.8, 4) is 51.9 Å². The van der Waals surface area contributed by atoms with Crippen molar-refractivity contribution in [3.63, 3.8) is 0 Å². The number of terminal acetylenes is 1. The molecule has 0 saturated heterocycles. The van der Waals surface area contributed by atoms with Gasteiger partial charge in [0.2, 0.25) is 5.91 Å². The summed E-state index contributed by atoms with van der Waals surface area (Å²) in [6, 6.07) is 6.77. The maximum Gasteiger partial charge on any atom is 0.247 e. The summed E-state index contributed by atoms with van der Waals surface area (Å²) in [4.78, 5) is 19.2. The van der Waals surface area contributed by atoms with Gasteiger partial charge in [-0.25, -0.2) is 13.8 Å². The molecule has 0 radical (unpaired) electrons. The summed E-state index contributed by atoms with van der Waals surface area (Å²) in [6.07, 6.45) is 8.73. The molecule has 222 valence electrons. The maximum atomic E-state index is 15.9. The Kier molecular flexibility index (Phi) is 7.90. The fourth-order valence-corrected chi connectivity index (χ4v) is 6.32. The van der Waals surface area contributed by atoms with Gasteiger partial charge in [0.15, 0.2) is 0 Å². The lowest BCUT2D eigenvalue weighted by Gasteiger charge is -2.32. The molecule has 0 fully saturated rings. The molecule has 0 spiro atoms. The Labute approximate surface area is 255 Å². The number of carbonyl (C=O) groups is 1. The first-order valence-corrected chi connectivity index (χ1v) is 14.5. The number of fused-ring (bicyclic) bond motifs is 2. The number of hydrogen-bond donors (Lipinski definition) is 0. The minimum atomic E-state index is -0.822. The fourth-order valence-electron chi connectivity index (χ4n) is 5.37. The van der Waals surface area contributed by atoms with E-state index >= 15 is 4.39 Å². The van der Waals surface area contributed by atoms with Crippen LogP contribution in [0.3, 0.4) is 0 Å². The molecular weight excluding hydrogens is 586 g/mol. The average molecular weight is 613 g/mol. The summed E-state index contributed by atoms with van der Waals surface area (Å²) >= 11 is 1.38. The standard InChI is InChI=1S/C32H26F2N6O3S/c1-5-24-25-16-23(38-40(25)9-8-39(24)27(41)6-2)31-29(28-22(34)14-20(33)15-26(28)43-11-10-42-4)32-21(7-12-44-32)30(36-31)19-13-18(3)37-35-17-19/h1,6-7,12-17,24H,2,8-11H2,3-4H3/t24-/m1/s1. The Bertz CT molecular complexity index is 1960. The van der Waals surface area contributed by atoms with Gasteiger partial charge < -0.3 is 14.4 Å². The van der Waals surface area contributed by atoms with Crippen LogP contribution < -0.4 is 4.74 Å². The summed E-state index contributed by atoms with van der Waals surface area (Å²) < 4.78 is 43.9. The number of pyridine rings is 1. The molecule has 0 bridgehead atoms. The topological polar surface area (TPSA) is 95.3 Å². The second-order valence-electron chi connectivity index (χ2n) is 10.0. The molecule has 9 nitrogen and oxygen atoms in total. The Morgan fingerprint density at radius 3 is 2.80 bits per heavy atom. The van der Waals surface area contributed by atoms with Gasteiger partial charge in [-0.3, -0.25) is 9.48 Å². The van der Waals surface area contributed by atoms with Gasteiger partial charge in [-0.15, -0.1) is 17.8 Å². The highest BCUT2D eigenvalue weighted by atomic mass is 32.1. The summed E-state index contributed by atoms with van der Waals surface area (Å²) in [5.41, 5.74) is 3.73. The Morgan fingerprint density at radius 1 is 1.20 bits per heavy atom. The van der Waals surface area contributed by atoms with Crippen molar-refractivity contribution in [1.82, 2.24) is 29.9 Å². The smallest absolute Gasteiger partial charge is 0.247 e. The molecule has 1 aromatic carbocycles. The second kappa shape index (κ2) is 11.9. The number of halogens is 2. The van der Waals surface area contributed by atoms with Crippen LogP contribution in [0.2, 0.25) is 0 Å². The number of rotatable bonds is 8. The molecule has 5 aromatic rings. The van der Waals surface area contributed by atoms with Crippen molar-refractivity contribution in [2.24, 2.45) is 0 Å². The van der Waals surface area contributed by atoms with E-state index in [1.165, 1.54) is 24.5 Å². The predicted molar refractivity (Wildman–Crippen MR) is 163 cm³/mol. The third kappa shape index (κ3) is 5.10. The lowest BCUT2D eigenvalue weighted by atomic mass is 9.96. The quantitative estimate of drug-likeness (QED) is 0.128. The Balaban J connectivity index is 1.65. The lowest BCUT2D eigenvalue weighted by molar-refractivity contribution is -0.128. The van der Waals surface area contributed by atoms with Crippen LogP contribution >= 0.6 is 11.3 Å². The molecule has 4 aromatic heterocycles. The van der Waals surface area contributed by atoms with Gasteiger partial charge in [-0.05, 0) is 36.6 Å². The number of amides is 1. The van der Waals surface area contributed by atoms with E-state index in [1.807, 2.05) is 24.4 Å². The maximum absolute atomic E-state index is 15.9. The van der Waals surface area contributed by atoms with Gasteiger partial charge in [-0.2, -0.15) is 15.3 Å². The summed E-state index contributed by atoms with van der Waals surface area (Å²) in [5, 5.41) is 15.6. The predicted octanol–water partition coefficient (Wildman–Crippen LogP) is 5.60. The van der Waals surface area contributed by atoms with E-state index < -0.39 is 17.7 Å². The fraction of sp³-hybridized carbons (Fsp3) is 0.219. The van der Waals surface area contributed by atoms with Crippen LogP contribution in [0, 0.1) is 30.9 Å². The van der Waals surface area contributed by atoms with E-state index in [0.717, 1.165) is 17.5 Å². The number of thiophene rings is 1. The molecular formula is C32H26F2N6O3S. The molecule has 1 aliphatic heterocycles. The van der Waals surface area contributed by atoms with Crippen LogP contribution in [-0.4, -0.2) is 62.6 Å². The third-order valence-electron chi connectivity index (χ3n) is 7.29. The molecule has 0 aliphatic carbocycles. The molecule has 0 saturated carbocycles. The zero-order chi connectivity index (χ0) is 31.0. The third-order valence-corrected chi connectivity index (χ3v) is 8.22. The number of ether oxygens (including phenoxy) is 2. The van der Waals surface area contributed by atoms with Crippen molar-refractivity contribution in [3.05, 3.63) is 77.6 Å². The van der Waals surface area contributed by atoms with Crippen molar-refractivity contribution in [2.75, 3.05) is 26.9 Å². The van der Waals surface area contributed by atoms with Gasteiger partial charge in [0.05, 0.1) is 42.0 Å². The highest BCUT2D eigenvalue weighted by molar-refractivity contribution is 7.18. The van der Waals surface area contributed by atoms with Crippen molar-refractivity contribution < 1.29 is 23.0 Å². The first kappa shape index (κ1) is 29.1. The number of aromatic nitrogens is 5. The highest BCUT2D eigenvalue weighted by Gasteiger charge is 2.32. The SMILES string of the molecule is C#C[C@@H]1c2cc(-c3nc(-c4cnnc(C)c4)c4ccsc4c3-c3c(F)cc(F)cc3OCCOC)nn2CCN1C(=O)C=C. The Morgan fingerprint density at radius 2 is 2.05 bits per heavy atom. The Hall–Kier alpha value is -4.99. The zero-order valence-corrected chi connectivity index (χ0v) is 24.7. The van der Waals surface area contributed by atoms with Crippen LogP contribution in [0.1, 0.15) is 17.4 Å². The number of aryl methyl sites for hydroxylation is 1. The van der Waals surface area contributed by atoms with Crippen LogP contribution in [-0.2, 0) is 16.1 Å². The van der Waals surface area contributed by atoms with Crippen LogP contribution in [0.5, 0.6) is 5.75 Å². The molecule has 44 heavy (non-hydrogen) atoms. The number of benzene rings is 1. The molecule has 6 rings (SSSR count). The first-order valence-electron chi connectivity index (χ1n) is 13.6. The molecule has 5 heterocycles. The van der Waals surface area contributed by atoms with E-state index in [2.05, 4.69) is 22.7 Å². The number of nitrogens with zero attached hydrogens (tertiary/aromatic N) is 6. The monoisotopic (exact) mass is 612 g/mol. The van der Waals surface area contributed by atoms with Crippen LogP contribution in [0.25, 0.3) is 43.9 Å². The van der Waals surface area contributed by atoms with Gasteiger partial charge >= 0.3 is 0 Å². The van der Waals surface area contributed by atoms with Crippen molar-refractivity contribution in [2.45, 2.75) is 19.5 Å². The van der Waals surface area contributed by atoms with E-state index in [1.54, 1.807) is 21.8 Å². The van der Waals surface area contributed by atoms with E-state index in [4.69, 9.17) is 26.0 Å². The molecule has 12 heteroatoms. The van der Waals surface area contributed by atoms with E-state index in [9.17, 15) is 9.18 Å². The largest absolute Gasteiger partial charge is 0.490 e. The number of methoxy groups -OCH3 is 1. The number of carbonyl (C=O) groups excluding carboxylic acids is 1. The van der Waals surface area contributed by atoms with Crippen molar-refractivity contribution in [1.29, 1.82) is 0 Å². The zero-order valence-electron chi connectivity index (χ0n) is 23.9. The molecule has 1 atom stereocenters. The first-order chi connectivity index (χ1) is 21.3. The van der Waals surface area contributed by atoms with E-state index in [0.29, 0.717) is 57.4 Å². The summed E-state index contributed by atoms with van der Waals surface area (Å²) in [7, 11) is 1.51. The van der Waals surface area contributed by atoms with Gasteiger partial charge in [-0.1, -0.05) is 12.5 Å². The van der Waals surface area contributed by atoms with Gasteiger partial charge in [0.1, 0.15) is 41.4 Å². The summed E-state index contributed by atoms with van der Waals surface area (Å²) in [5.74, 6) is 0.784. The minimum Gasteiger partial charge on any atom is -0.490 e. The van der Waals surface area contributed by atoms with Gasteiger partial charge in [0, 0.05) is 47.0 Å². The van der Waals surface area contributed by atoms with E-state index in [-0.39, 0.29) is 30.4 Å². The second-order valence-corrected chi connectivity index (χ2v) is 10.9. The highest BCUT2D eigenvalue weighted by Crippen LogP contribution is 2.47.